The quantitative estimate of drug-likeness (QED) is 0.642. The number of carbonyl (C=O) groups is 1. The number of aromatic nitrogens is 2. The molecule has 0 spiro atoms. The maximum absolute atomic E-state index is 13.0. The predicted octanol–water partition coefficient (Wildman–Crippen LogP) is 3.25. The van der Waals surface area contributed by atoms with E-state index in [1.807, 2.05) is 0 Å². The number of urea groups is 1. The molecule has 1 saturated heterocycles. The highest BCUT2D eigenvalue weighted by atomic mass is 19.1. The van der Waals surface area contributed by atoms with Gasteiger partial charge in [0.1, 0.15) is 30.3 Å². The third-order valence-electron chi connectivity index (χ3n) is 5.00. The Labute approximate surface area is 184 Å². The summed E-state index contributed by atoms with van der Waals surface area (Å²) >= 11 is 0. The molecule has 1 aliphatic rings. The minimum atomic E-state index is -0.303. The van der Waals surface area contributed by atoms with Crippen LogP contribution < -0.4 is 10.1 Å². The van der Waals surface area contributed by atoms with Crippen LogP contribution in [0.3, 0.4) is 0 Å². The van der Waals surface area contributed by atoms with E-state index in [9.17, 15) is 9.18 Å². The molecule has 9 heteroatoms. The van der Waals surface area contributed by atoms with Gasteiger partial charge in [-0.25, -0.2) is 9.18 Å². The number of hydrogen-bond donors (Lipinski definition) is 1. The first-order chi connectivity index (χ1) is 15.6. The van der Waals surface area contributed by atoms with Gasteiger partial charge in [0.25, 0.3) is 0 Å². The van der Waals surface area contributed by atoms with Crippen molar-refractivity contribution in [2.24, 2.45) is 0 Å². The van der Waals surface area contributed by atoms with E-state index >= 15 is 0 Å². The van der Waals surface area contributed by atoms with Gasteiger partial charge >= 0.3 is 6.03 Å². The molecular weight excluding hydrogens is 413 g/mol. The lowest BCUT2D eigenvalue weighted by atomic mass is 10.2. The summed E-state index contributed by atoms with van der Waals surface area (Å²) in [6, 6.07) is 15.0. The number of carbonyl (C=O) groups excluding carboxylic acids is 1. The van der Waals surface area contributed by atoms with Crippen LogP contribution in [0.15, 0.2) is 60.9 Å². The summed E-state index contributed by atoms with van der Waals surface area (Å²) in [4.78, 5) is 14.3. The summed E-state index contributed by atoms with van der Waals surface area (Å²) < 4.78 is 26.2. The summed E-state index contributed by atoms with van der Waals surface area (Å²) in [5.74, 6) is 0.208. The molecule has 1 aliphatic heterocycles. The zero-order chi connectivity index (χ0) is 22.3. The van der Waals surface area contributed by atoms with Crippen LogP contribution in [0.1, 0.15) is 11.1 Å². The number of nitrogens with zero attached hydrogens (tertiary/aromatic N) is 4. The van der Waals surface area contributed by atoms with E-state index in [4.69, 9.17) is 14.7 Å². The molecule has 1 fully saturated rings. The number of nitrogens with one attached hydrogen (secondary N) is 1. The second-order valence-corrected chi connectivity index (χ2v) is 7.34. The molecule has 0 aliphatic carbocycles. The highest BCUT2D eigenvalue weighted by molar-refractivity contribution is 5.89. The summed E-state index contributed by atoms with van der Waals surface area (Å²) in [6.07, 6.45) is 2.99. The topological polar surface area (TPSA) is 92.4 Å². The van der Waals surface area contributed by atoms with Gasteiger partial charge in [-0.3, -0.25) is 4.68 Å². The first-order valence-electron chi connectivity index (χ1n) is 10.2. The summed E-state index contributed by atoms with van der Waals surface area (Å²) in [7, 11) is 0. The van der Waals surface area contributed by atoms with Gasteiger partial charge in [-0.1, -0.05) is 24.3 Å². The van der Waals surface area contributed by atoms with Crippen molar-refractivity contribution in [1.29, 1.82) is 5.26 Å². The molecule has 3 aromatic rings. The number of para-hydroxylation sites is 1. The van der Waals surface area contributed by atoms with Crippen molar-refractivity contribution < 1.29 is 18.7 Å². The molecule has 1 atom stereocenters. The number of ether oxygens (including phenoxy) is 2. The maximum Gasteiger partial charge on any atom is 0.322 e. The van der Waals surface area contributed by atoms with Crippen LogP contribution in [0, 0.1) is 17.1 Å². The fourth-order valence-corrected chi connectivity index (χ4v) is 3.37. The molecule has 32 heavy (non-hydrogen) atoms. The van der Waals surface area contributed by atoms with Gasteiger partial charge in [0, 0.05) is 12.7 Å². The van der Waals surface area contributed by atoms with Crippen molar-refractivity contribution in [3.05, 3.63) is 77.9 Å². The molecule has 164 valence electrons. The van der Waals surface area contributed by atoms with E-state index in [1.54, 1.807) is 58.4 Å². The number of rotatable bonds is 6. The van der Waals surface area contributed by atoms with Crippen molar-refractivity contribution in [3.63, 3.8) is 0 Å². The fraction of sp³-hybridized carbons (Fsp3) is 0.261. The Morgan fingerprint density at radius 2 is 2.09 bits per heavy atom. The molecule has 2 aromatic carbocycles. The average molecular weight is 435 g/mol. The molecule has 0 bridgehead atoms. The zero-order valence-corrected chi connectivity index (χ0v) is 17.3. The number of benzene rings is 2. The normalized spacial score (nSPS) is 15.8. The third-order valence-corrected chi connectivity index (χ3v) is 5.00. The minimum Gasteiger partial charge on any atom is -0.489 e. The molecule has 2 amide bonds. The fourth-order valence-electron chi connectivity index (χ4n) is 3.37. The summed E-state index contributed by atoms with van der Waals surface area (Å²) in [6.45, 7) is 1.92. The van der Waals surface area contributed by atoms with Crippen molar-refractivity contribution in [3.8, 4) is 11.8 Å². The van der Waals surface area contributed by atoms with Gasteiger partial charge in [-0.2, -0.15) is 10.4 Å². The van der Waals surface area contributed by atoms with Gasteiger partial charge in [0.2, 0.25) is 0 Å². The lowest BCUT2D eigenvalue weighted by molar-refractivity contribution is -0.0337. The number of hydrogen-bond acceptors (Lipinski definition) is 5. The summed E-state index contributed by atoms with van der Waals surface area (Å²) in [5, 5.41) is 16.3. The van der Waals surface area contributed by atoms with Crippen molar-refractivity contribution >= 4 is 11.7 Å². The number of morpholine rings is 1. The van der Waals surface area contributed by atoms with Crippen LogP contribution >= 0.6 is 0 Å². The molecule has 0 saturated carbocycles. The van der Waals surface area contributed by atoms with Crippen molar-refractivity contribution in [1.82, 2.24) is 14.7 Å². The lowest BCUT2D eigenvalue weighted by Gasteiger charge is -2.32. The smallest absolute Gasteiger partial charge is 0.322 e. The van der Waals surface area contributed by atoms with Gasteiger partial charge in [0.15, 0.2) is 0 Å². The predicted molar refractivity (Wildman–Crippen MR) is 115 cm³/mol. The molecular formula is C23H22FN5O3. The SMILES string of the molecule is N#Cc1ccccc1OCC1CN(C(=O)Nc2cnn(Cc3ccc(F)cc3)c2)CCO1. The van der Waals surface area contributed by atoms with Crippen LogP contribution in [-0.4, -0.2) is 53.1 Å². The Hall–Kier alpha value is -3.90. The first kappa shape index (κ1) is 21.3. The third kappa shape index (κ3) is 5.42. The van der Waals surface area contributed by atoms with Gasteiger partial charge in [0.05, 0.1) is 37.1 Å². The molecule has 1 unspecified atom stereocenters. The molecule has 4 rings (SSSR count). The van der Waals surface area contributed by atoms with Crippen LogP contribution in [0.4, 0.5) is 14.9 Å². The highest BCUT2D eigenvalue weighted by Gasteiger charge is 2.25. The van der Waals surface area contributed by atoms with E-state index in [1.165, 1.54) is 12.1 Å². The highest BCUT2D eigenvalue weighted by Crippen LogP contribution is 2.18. The number of amides is 2. The van der Waals surface area contributed by atoms with Gasteiger partial charge in [-0.05, 0) is 29.8 Å². The van der Waals surface area contributed by atoms with E-state index in [0.29, 0.717) is 43.2 Å². The van der Waals surface area contributed by atoms with Gasteiger partial charge in [-0.15, -0.1) is 0 Å². The second-order valence-electron chi connectivity index (χ2n) is 7.34. The minimum absolute atomic E-state index is 0.234. The van der Waals surface area contributed by atoms with E-state index in [0.717, 1.165) is 5.56 Å². The Bertz CT molecular complexity index is 1110. The molecule has 1 N–H and O–H groups in total. The Balaban J connectivity index is 1.29. The largest absolute Gasteiger partial charge is 0.489 e. The standard InChI is InChI=1S/C23H22FN5O3/c24-19-7-5-17(6-8-19)13-29-14-20(12-26-29)27-23(30)28-9-10-31-21(15-28)16-32-22-4-2-1-3-18(22)11-25/h1-8,12,14,21H,9-10,13,15-16H2,(H,27,30). The van der Waals surface area contributed by atoms with Gasteiger partial charge < -0.3 is 19.7 Å². The zero-order valence-electron chi connectivity index (χ0n) is 17.3. The van der Waals surface area contributed by atoms with Crippen molar-refractivity contribution in [2.45, 2.75) is 12.6 Å². The number of anilines is 1. The number of halogens is 1. The Morgan fingerprint density at radius 1 is 1.28 bits per heavy atom. The Morgan fingerprint density at radius 3 is 2.91 bits per heavy atom. The summed E-state index contributed by atoms with van der Waals surface area (Å²) in [5.41, 5.74) is 1.93. The van der Waals surface area contributed by atoms with E-state index in [2.05, 4.69) is 16.5 Å². The molecule has 8 nitrogen and oxygen atoms in total. The number of nitriles is 1. The lowest BCUT2D eigenvalue weighted by Crippen LogP contribution is -2.49. The first-order valence-corrected chi connectivity index (χ1v) is 10.2. The van der Waals surface area contributed by atoms with Crippen LogP contribution in [0.25, 0.3) is 0 Å². The van der Waals surface area contributed by atoms with E-state index in [-0.39, 0.29) is 24.6 Å². The van der Waals surface area contributed by atoms with E-state index < -0.39 is 0 Å². The van der Waals surface area contributed by atoms with Crippen molar-refractivity contribution in [2.75, 3.05) is 31.6 Å². The second kappa shape index (κ2) is 9.94. The molecule has 2 heterocycles. The van der Waals surface area contributed by atoms with Crippen LogP contribution in [0.2, 0.25) is 0 Å². The average Bonchev–Trinajstić information content (AvgIpc) is 3.26. The molecule has 0 radical (unpaired) electrons. The van der Waals surface area contributed by atoms with Crippen LogP contribution in [-0.2, 0) is 11.3 Å². The maximum atomic E-state index is 13.0. The Kier molecular flexibility index (Phi) is 6.63. The molecule has 1 aromatic heterocycles. The van der Waals surface area contributed by atoms with Crippen LogP contribution in [0.5, 0.6) is 5.75 Å². The monoisotopic (exact) mass is 435 g/mol.